The monoisotopic (exact) mass is 833 g/mol. The first-order valence-electron chi connectivity index (χ1n) is 20.6. The molecule has 0 aliphatic rings. The summed E-state index contributed by atoms with van der Waals surface area (Å²) < 4.78 is 44.6. The number of alkyl halides is 3. The van der Waals surface area contributed by atoms with Crippen LogP contribution in [0.1, 0.15) is 16.7 Å². The lowest BCUT2D eigenvalue weighted by atomic mass is 9.91. The molecule has 0 fully saturated rings. The number of aromatic nitrogens is 3. The molecule has 304 valence electrons. The molecule has 0 unspecified atom stereocenters. The third-order valence-corrected chi connectivity index (χ3v) is 11.6. The van der Waals surface area contributed by atoms with Gasteiger partial charge < -0.3 is 4.57 Å². The van der Waals surface area contributed by atoms with E-state index in [-0.39, 0.29) is 0 Å². The molecule has 8 heteroatoms. The van der Waals surface area contributed by atoms with Crippen molar-refractivity contribution in [3.63, 3.8) is 0 Å². The zero-order valence-electron chi connectivity index (χ0n) is 34.3. The largest absolute Gasteiger partial charge is 0.416 e. The second-order valence-electron chi connectivity index (χ2n) is 15.6. The van der Waals surface area contributed by atoms with Gasteiger partial charge in [0.2, 0.25) is 0 Å². The zero-order chi connectivity index (χ0) is 44.0. The van der Waals surface area contributed by atoms with Gasteiger partial charge in [0.15, 0.2) is 11.5 Å². The topological polar surface area (TPSA) is 58.9 Å². The van der Waals surface area contributed by atoms with Crippen molar-refractivity contribution < 1.29 is 13.2 Å². The number of hydrogen-bond acceptors (Lipinski definition) is 3. The van der Waals surface area contributed by atoms with Crippen LogP contribution in [0.3, 0.4) is 0 Å². The van der Waals surface area contributed by atoms with Crippen molar-refractivity contribution in [3.05, 3.63) is 216 Å². The minimum atomic E-state index is -4.53. The lowest BCUT2D eigenvalue weighted by Crippen LogP contribution is -2.05. The first kappa shape index (κ1) is 39.5. The summed E-state index contributed by atoms with van der Waals surface area (Å²) in [6, 6.07) is 60.8. The molecule has 0 saturated carbocycles. The Labute approximate surface area is 367 Å². The molecule has 0 amide bonds. The minimum Gasteiger partial charge on any atom is -0.308 e. The van der Waals surface area contributed by atoms with Crippen molar-refractivity contribution in [2.45, 2.75) is 13.1 Å². The van der Waals surface area contributed by atoms with Gasteiger partial charge in [-0.2, -0.15) is 18.4 Å². The molecule has 0 aliphatic heterocycles. The number of nitriles is 1. The molecule has 2 aromatic heterocycles. The Morgan fingerprint density at radius 3 is 1.69 bits per heavy atom. The number of aryl methyl sites for hydroxylation is 1. The summed E-state index contributed by atoms with van der Waals surface area (Å²) in [4.78, 5) is 14.1. The van der Waals surface area contributed by atoms with E-state index in [4.69, 9.17) is 16.5 Å². The highest BCUT2D eigenvalue weighted by atomic mass is 19.4. The van der Waals surface area contributed by atoms with Gasteiger partial charge in [-0.1, -0.05) is 133 Å². The molecular weight excluding hydrogens is 800 g/mol. The molecule has 0 N–H and O–H groups in total. The fraction of sp³-hybridized carbons (Fsp3) is 0.0357. The fourth-order valence-corrected chi connectivity index (χ4v) is 8.43. The Balaban J connectivity index is 1.30. The van der Waals surface area contributed by atoms with Gasteiger partial charge >= 0.3 is 6.18 Å². The molecule has 0 radical (unpaired) electrons. The van der Waals surface area contributed by atoms with Gasteiger partial charge in [-0.05, 0) is 89.8 Å². The number of hydrogen-bond donors (Lipinski definition) is 0. The van der Waals surface area contributed by atoms with Gasteiger partial charge in [-0.15, -0.1) is 0 Å². The van der Waals surface area contributed by atoms with Crippen LogP contribution in [0.2, 0.25) is 0 Å². The maximum atomic E-state index is 14.1. The lowest BCUT2D eigenvalue weighted by molar-refractivity contribution is -0.137. The fourth-order valence-electron chi connectivity index (χ4n) is 8.43. The second kappa shape index (κ2) is 16.0. The second-order valence-corrected chi connectivity index (χ2v) is 15.6. The molecule has 0 aliphatic carbocycles. The van der Waals surface area contributed by atoms with E-state index in [1.807, 2.05) is 122 Å². The Kier molecular flexibility index (Phi) is 9.90. The van der Waals surface area contributed by atoms with Gasteiger partial charge in [0, 0.05) is 44.2 Å². The van der Waals surface area contributed by atoms with Crippen LogP contribution < -0.4 is 0 Å². The van der Waals surface area contributed by atoms with Crippen molar-refractivity contribution >= 4 is 27.5 Å². The predicted molar refractivity (Wildman–Crippen MR) is 250 cm³/mol. The van der Waals surface area contributed by atoms with Crippen LogP contribution in [0.5, 0.6) is 0 Å². The van der Waals surface area contributed by atoms with Crippen LogP contribution in [0.25, 0.3) is 99.6 Å². The molecular formula is C56H34F3N5. The highest BCUT2D eigenvalue weighted by Gasteiger charge is 2.31. The van der Waals surface area contributed by atoms with Crippen molar-refractivity contribution in [2.75, 3.05) is 0 Å². The molecule has 5 nitrogen and oxygen atoms in total. The van der Waals surface area contributed by atoms with E-state index in [0.717, 1.165) is 84.4 Å². The molecule has 2 heterocycles. The average molecular weight is 834 g/mol. The quantitative estimate of drug-likeness (QED) is 0.150. The number of para-hydroxylation sites is 1. The highest BCUT2D eigenvalue weighted by molar-refractivity contribution is 6.12. The van der Waals surface area contributed by atoms with Crippen LogP contribution >= 0.6 is 0 Å². The number of fused-ring (bicyclic) bond motifs is 3. The first-order valence-corrected chi connectivity index (χ1v) is 20.6. The van der Waals surface area contributed by atoms with E-state index >= 15 is 0 Å². The first-order chi connectivity index (χ1) is 31.2. The summed E-state index contributed by atoms with van der Waals surface area (Å²) in [6.07, 6.45) is -4.53. The number of nitrogens with zero attached hydrogens (tertiary/aromatic N) is 5. The molecule has 64 heavy (non-hydrogen) atoms. The maximum absolute atomic E-state index is 14.1. The van der Waals surface area contributed by atoms with Crippen LogP contribution in [0.15, 0.2) is 188 Å². The van der Waals surface area contributed by atoms with E-state index < -0.39 is 11.7 Å². The van der Waals surface area contributed by atoms with Gasteiger partial charge in [0.1, 0.15) is 0 Å². The molecule has 0 spiro atoms. The Hall–Kier alpha value is -8.59. The summed E-state index contributed by atoms with van der Waals surface area (Å²) in [6.45, 7) is 9.95. The van der Waals surface area contributed by atoms with Crippen LogP contribution in [0.4, 0.5) is 18.9 Å². The number of halogens is 3. The summed E-state index contributed by atoms with van der Waals surface area (Å²) in [5, 5.41) is 11.4. The Morgan fingerprint density at radius 2 is 1.09 bits per heavy atom. The van der Waals surface area contributed by atoms with Crippen molar-refractivity contribution in [1.29, 1.82) is 5.26 Å². The smallest absolute Gasteiger partial charge is 0.308 e. The molecule has 0 bridgehead atoms. The van der Waals surface area contributed by atoms with E-state index in [0.29, 0.717) is 39.3 Å². The molecule has 8 aromatic carbocycles. The maximum Gasteiger partial charge on any atom is 0.416 e. The minimum absolute atomic E-state index is 0.373. The van der Waals surface area contributed by atoms with Gasteiger partial charge in [0.05, 0.1) is 46.3 Å². The highest BCUT2D eigenvalue weighted by Crippen LogP contribution is 2.45. The Bertz CT molecular complexity index is 3430. The van der Waals surface area contributed by atoms with E-state index in [9.17, 15) is 18.4 Å². The normalized spacial score (nSPS) is 11.4. The molecule has 0 saturated heterocycles. The van der Waals surface area contributed by atoms with Crippen molar-refractivity contribution in [3.8, 4) is 79.0 Å². The van der Waals surface area contributed by atoms with Gasteiger partial charge in [-0.25, -0.2) is 14.8 Å². The molecule has 10 aromatic rings. The van der Waals surface area contributed by atoms with Crippen molar-refractivity contribution in [1.82, 2.24) is 14.5 Å². The van der Waals surface area contributed by atoms with E-state index in [1.54, 1.807) is 18.2 Å². The number of benzene rings is 8. The van der Waals surface area contributed by atoms with Crippen LogP contribution in [-0.4, -0.2) is 14.5 Å². The van der Waals surface area contributed by atoms with Gasteiger partial charge in [0.25, 0.3) is 0 Å². The third-order valence-electron chi connectivity index (χ3n) is 11.6. The van der Waals surface area contributed by atoms with E-state index in [2.05, 4.69) is 45.8 Å². The molecule has 10 rings (SSSR count). The standard InChI is InChI=1S/C56H34F3N5/c1-35-17-20-37(21-18-35)46-31-42(55-62-49(39-11-5-3-6-12-39)33-50(63-55)40-13-7-4-8-14-40)32-47(38-22-25-43(26-23-38)56(57,58)59)54(46)64-52-16-10-9-15-45(52)48-30-41(24-28-53(48)64)44-27-19-36(34-60)29-51(44)61-2/h3-33H,1H3. The summed E-state index contributed by atoms with van der Waals surface area (Å²) in [7, 11) is 0. The van der Waals surface area contributed by atoms with Crippen LogP contribution in [-0.2, 0) is 6.18 Å². The summed E-state index contributed by atoms with van der Waals surface area (Å²) >= 11 is 0. The summed E-state index contributed by atoms with van der Waals surface area (Å²) in [5.74, 6) is 0.457. The summed E-state index contributed by atoms with van der Waals surface area (Å²) in [5.41, 5.74) is 12.0. The third kappa shape index (κ3) is 7.23. The van der Waals surface area contributed by atoms with Crippen molar-refractivity contribution in [2.24, 2.45) is 0 Å². The van der Waals surface area contributed by atoms with Crippen LogP contribution in [0, 0.1) is 24.8 Å². The SMILES string of the molecule is [C-]#[N+]c1cc(C#N)ccc1-c1ccc2c(c1)c1ccccc1n2-c1c(-c2ccc(C)cc2)cc(-c2nc(-c3ccccc3)cc(-c3ccccc3)n2)cc1-c1ccc(C(F)(F)F)cc1. The van der Waals surface area contributed by atoms with Gasteiger partial charge in [-0.3, -0.25) is 0 Å². The van der Waals surface area contributed by atoms with E-state index in [1.165, 1.54) is 12.1 Å². The molecule has 0 atom stereocenters. The Morgan fingerprint density at radius 1 is 0.531 bits per heavy atom. The zero-order valence-corrected chi connectivity index (χ0v) is 34.3. The number of rotatable bonds is 7. The lowest BCUT2D eigenvalue weighted by Gasteiger charge is -2.21. The average Bonchev–Trinajstić information content (AvgIpc) is 3.67. The predicted octanol–water partition coefficient (Wildman–Crippen LogP) is 15.3.